The number of nitrogens with zero attached hydrogens (tertiary/aromatic N) is 1. The second-order valence-corrected chi connectivity index (χ2v) is 8.46. The van der Waals surface area contributed by atoms with Crippen LogP contribution in [0.5, 0.6) is 0 Å². The Balaban J connectivity index is 1.87. The van der Waals surface area contributed by atoms with Gasteiger partial charge in [0.05, 0.1) is 5.25 Å². The van der Waals surface area contributed by atoms with E-state index in [4.69, 9.17) is 9.56 Å². The molecule has 0 amide bonds. The van der Waals surface area contributed by atoms with Crippen LogP contribution < -0.4 is 10.8 Å². The SMILES string of the molecule is Cc1cc(C)c2oc(=O)cc(CN3CCC(S(N)(=O)=O)CC3)c2c1. The van der Waals surface area contributed by atoms with Crippen molar-refractivity contribution in [2.24, 2.45) is 5.14 Å². The fourth-order valence-electron chi connectivity index (χ4n) is 3.45. The molecule has 0 saturated carbocycles. The van der Waals surface area contributed by atoms with Crippen LogP contribution in [0, 0.1) is 13.8 Å². The maximum absolute atomic E-state index is 11.9. The molecule has 2 heterocycles. The summed E-state index contributed by atoms with van der Waals surface area (Å²) in [6.07, 6.45) is 1.05. The molecular formula is C17H22N2O4S. The molecule has 7 heteroatoms. The molecule has 6 nitrogen and oxygen atoms in total. The average Bonchev–Trinajstić information content (AvgIpc) is 2.48. The van der Waals surface area contributed by atoms with E-state index in [9.17, 15) is 13.2 Å². The van der Waals surface area contributed by atoms with Gasteiger partial charge in [0, 0.05) is 18.0 Å². The number of nitrogens with two attached hydrogens (primary N) is 1. The third-order valence-electron chi connectivity index (χ3n) is 4.65. The summed E-state index contributed by atoms with van der Waals surface area (Å²) >= 11 is 0. The summed E-state index contributed by atoms with van der Waals surface area (Å²) in [7, 11) is -3.47. The minimum Gasteiger partial charge on any atom is -0.422 e. The summed E-state index contributed by atoms with van der Waals surface area (Å²) in [6, 6.07) is 5.55. The van der Waals surface area contributed by atoms with Gasteiger partial charge in [-0.25, -0.2) is 18.4 Å². The lowest BCUT2D eigenvalue weighted by atomic mass is 10.0. The van der Waals surface area contributed by atoms with Crippen molar-refractivity contribution in [2.75, 3.05) is 13.1 Å². The third kappa shape index (κ3) is 3.53. The lowest BCUT2D eigenvalue weighted by molar-refractivity contribution is 0.222. The highest BCUT2D eigenvalue weighted by molar-refractivity contribution is 7.89. The van der Waals surface area contributed by atoms with Gasteiger partial charge in [-0.05, 0) is 62.5 Å². The largest absolute Gasteiger partial charge is 0.422 e. The second-order valence-electron chi connectivity index (χ2n) is 6.61. The molecule has 1 fully saturated rings. The Bertz CT molecular complexity index is 925. The van der Waals surface area contributed by atoms with E-state index in [0.717, 1.165) is 22.1 Å². The highest BCUT2D eigenvalue weighted by Gasteiger charge is 2.27. The number of hydrogen-bond acceptors (Lipinski definition) is 5. The van der Waals surface area contributed by atoms with Gasteiger partial charge in [0.2, 0.25) is 10.0 Å². The average molecular weight is 350 g/mol. The number of rotatable bonds is 3. The summed E-state index contributed by atoms with van der Waals surface area (Å²) in [5.74, 6) is 0. The molecule has 1 saturated heterocycles. The van der Waals surface area contributed by atoms with Crippen LogP contribution in [0.1, 0.15) is 29.5 Å². The standard InChI is InChI=1S/C17H22N2O4S/c1-11-7-12(2)17-15(8-11)13(9-16(20)23-17)10-19-5-3-14(4-6-19)24(18,21)22/h7-9,14H,3-6,10H2,1-2H3,(H2,18,21,22). The lowest BCUT2D eigenvalue weighted by Gasteiger charge is -2.30. The molecule has 2 N–H and O–H groups in total. The summed E-state index contributed by atoms with van der Waals surface area (Å²) in [5, 5.41) is 5.72. The first-order chi connectivity index (χ1) is 11.2. The molecule has 130 valence electrons. The highest BCUT2D eigenvalue weighted by Crippen LogP contribution is 2.25. The number of aryl methyl sites for hydroxylation is 2. The van der Waals surface area contributed by atoms with E-state index < -0.39 is 15.3 Å². The zero-order valence-corrected chi connectivity index (χ0v) is 14.7. The topological polar surface area (TPSA) is 93.6 Å². The van der Waals surface area contributed by atoms with E-state index in [1.54, 1.807) is 0 Å². The van der Waals surface area contributed by atoms with E-state index in [2.05, 4.69) is 4.90 Å². The van der Waals surface area contributed by atoms with Crippen LogP contribution in [0.15, 0.2) is 27.4 Å². The molecule has 24 heavy (non-hydrogen) atoms. The lowest BCUT2D eigenvalue weighted by Crippen LogP contribution is -2.41. The van der Waals surface area contributed by atoms with Gasteiger partial charge in [0.25, 0.3) is 0 Å². The van der Waals surface area contributed by atoms with Crippen molar-refractivity contribution in [1.29, 1.82) is 0 Å². The molecular weight excluding hydrogens is 328 g/mol. The summed E-state index contributed by atoms with van der Waals surface area (Å²) in [5.41, 5.74) is 3.24. The summed E-state index contributed by atoms with van der Waals surface area (Å²) in [6.45, 7) is 5.84. The Hall–Kier alpha value is -1.70. The Morgan fingerprint density at radius 2 is 1.88 bits per heavy atom. The van der Waals surface area contributed by atoms with Crippen LogP contribution in [0.4, 0.5) is 0 Å². The van der Waals surface area contributed by atoms with Crippen LogP contribution in [0.3, 0.4) is 0 Å². The number of primary sulfonamides is 1. The van der Waals surface area contributed by atoms with Gasteiger partial charge in [-0.3, -0.25) is 4.90 Å². The molecule has 3 rings (SSSR count). The van der Waals surface area contributed by atoms with Gasteiger partial charge in [0.15, 0.2) is 0 Å². The molecule has 0 atom stereocenters. The van der Waals surface area contributed by atoms with Crippen molar-refractivity contribution in [1.82, 2.24) is 4.90 Å². The Morgan fingerprint density at radius 3 is 2.50 bits per heavy atom. The van der Waals surface area contributed by atoms with Gasteiger partial charge in [-0.15, -0.1) is 0 Å². The monoisotopic (exact) mass is 350 g/mol. The number of fused-ring (bicyclic) bond motifs is 1. The summed E-state index contributed by atoms with van der Waals surface area (Å²) < 4.78 is 28.3. The molecule has 0 spiro atoms. The van der Waals surface area contributed by atoms with Crippen LogP contribution in [-0.2, 0) is 16.6 Å². The van der Waals surface area contributed by atoms with Gasteiger partial charge in [0.1, 0.15) is 5.58 Å². The Morgan fingerprint density at radius 1 is 1.21 bits per heavy atom. The van der Waals surface area contributed by atoms with E-state index in [-0.39, 0.29) is 5.63 Å². The predicted molar refractivity (Wildman–Crippen MR) is 93.4 cm³/mol. The molecule has 0 aliphatic carbocycles. The Kier molecular flexibility index (Phi) is 4.50. The van der Waals surface area contributed by atoms with E-state index in [1.807, 2.05) is 26.0 Å². The van der Waals surface area contributed by atoms with Crippen LogP contribution in [-0.4, -0.2) is 31.7 Å². The zero-order valence-electron chi connectivity index (χ0n) is 13.9. The first kappa shape index (κ1) is 17.1. The van der Waals surface area contributed by atoms with Crippen LogP contribution >= 0.6 is 0 Å². The molecule has 0 radical (unpaired) electrons. The summed E-state index contributed by atoms with van der Waals surface area (Å²) in [4.78, 5) is 14.0. The van der Waals surface area contributed by atoms with E-state index >= 15 is 0 Å². The van der Waals surface area contributed by atoms with Gasteiger partial charge in [-0.1, -0.05) is 6.07 Å². The molecule has 1 aliphatic heterocycles. The number of likely N-dealkylation sites (tertiary alicyclic amines) is 1. The van der Waals surface area contributed by atoms with Crippen molar-refractivity contribution in [3.63, 3.8) is 0 Å². The van der Waals surface area contributed by atoms with Gasteiger partial charge in [-0.2, -0.15) is 0 Å². The minimum absolute atomic E-state index is 0.358. The van der Waals surface area contributed by atoms with Crippen molar-refractivity contribution in [3.05, 3.63) is 45.3 Å². The number of benzene rings is 1. The quantitative estimate of drug-likeness (QED) is 0.850. The smallest absolute Gasteiger partial charge is 0.336 e. The molecule has 2 aromatic rings. The number of piperidine rings is 1. The number of hydrogen-bond donors (Lipinski definition) is 1. The van der Waals surface area contributed by atoms with Crippen molar-refractivity contribution in [2.45, 2.75) is 38.5 Å². The normalized spacial score (nSPS) is 17.5. The fraction of sp³-hybridized carbons (Fsp3) is 0.471. The molecule has 0 bridgehead atoms. The maximum Gasteiger partial charge on any atom is 0.336 e. The van der Waals surface area contributed by atoms with E-state index in [1.165, 1.54) is 6.07 Å². The van der Waals surface area contributed by atoms with Crippen LogP contribution in [0.25, 0.3) is 11.0 Å². The predicted octanol–water partition coefficient (Wildman–Crippen LogP) is 1.66. The highest BCUT2D eigenvalue weighted by atomic mass is 32.2. The third-order valence-corrected chi connectivity index (χ3v) is 6.05. The minimum atomic E-state index is -3.47. The van der Waals surface area contributed by atoms with E-state index in [0.29, 0.717) is 38.1 Å². The Labute approximate surface area is 141 Å². The number of sulfonamides is 1. The second kappa shape index (κ2) is 6.31. The van der Waals surface area contributed by atoms with Gasteiger partial charge >= 0.3 is 5.63 Å². The van der Waals surface area contributed by atoms with Crippen molar-refractivity contribution < 1.29 is 12.8 Å². The maximum atomic E-state index is 11.9. The molecule has 1 aliphatic rings. The van der Waals surface area contributed by atoms with Crippen molar-refractivity contribution in [3.8, 4) is 0 Å². The molecule has 1 aromatic heterocycles. The van der Waals surface area contributed by atoms with Crippen LogP contribution in [0.2, 0.25) is 0 Å². The van der Waals surface area contributed by atoms with Crippen molar-refractivity contribution >= 4 is 21.0 Å². The fourth-order valence-corrected chi connectivity index (χ4v) is 4.31. The van der Waals surface area contributed by atoms with Gasteiger partial charge < -0.3 is 4.42 Å². The first-order valence-corrected chi connectivity index (χ1v) is 9.63. The first-order valence-electron chi connectivity index (χ1n) is 8.02. The molecule has 1 aromatic carbocycles. The zero-order chi connectivity index (χ0) is 17.5. The molecule has 0 unspecified atom stereocenters.